The summed E-state index contributed by atoms with van der Waals surface area (Å²) in [6.07, 6.45) is 1.49. The Morgan fingerprint density at radius 2 is 1.93 bits per heavy atom. The maximum absolute atomic E-state index is 9.00. The van der Waals surface area contributed by atoms with Crippen LogP contribution in [0.2, 0.25) is 0 Å². The second kappa shape index (κ2) is 7.81. The van der Waals surface area contributed by atoms with Crippen molar-refractivity contribution in [1.29, 1.82) is 5.26 Å². The van der Waals surface area contributed by atoms with Crippen molar-refractivity contribution >= 4 is 5.97 Å². The molecule has 1 N–H and O–H groups in total. The number of aliphatic carboxylic acids is 1. The Hall–Kier alpha value is -1.82. The largest absolute Gasteiger partial charge is 0.481 e. The average molecular weight is 191 g/mol. The first-order valence-electron chi connectivity index (χ1n) is 4.27. The molecule has 0 aromatic heterocycles. The van der Waals surface area contributed by atoms with Gasteiger partial charge in [0.2, 0.25) is 0 Å². The minimum Gasteiger partial charge on any atom is -0.481 e. The summed E-state index contributed by atoms with van der Waals surface area (Å²) in [5.41, 5.74) is 1.24. The van der Waals surface area contributed by atoms with Crippen LogP contribution in [0.15, 0.2) is 30.3 Å². The Bertz CT molecular complexity index is 297. The molecular weight excluding hydrogens is 178 g/mol. The molecule has 0 radical (unpaired) electrons. The molecule has 0 aliphatic carbocycles. The third-order valence-corrected chi connectivity index (χ3v) is 1.37. The molecule has 3 heteroatoms. The molecule has 0 atom stereocenters. The molecule has 14 heavy (non-hydrogen) atoms. The lowest BCUT2D eigenvalue weighted by molar-refractivity contribution is -0.134. The van der Waals surface area contributed by atoms with Gasteiger partial charge in [0.1, 0.15) is 0 Å². The third kappa shape index (κ3) is 8.28. The molecule has 0 spiro atoms. The van der Waals surface area contributed by atoms with Gasteiger partial charge in [0, 0.05) is 13.3 Å². The van der Waals surface area contributed by atoms with Crippen LogP contribution < -0.4 is 0 Å². The number of hydrogen-bond acceptors (Lipinski definition) is 2. The van der Waals surface area contributed by atoms with Gasteiger partial charge >= 0.3 is 0 Å². The second-order valence-corrected chi connectivity index (χ2v) is 2.66. The summed E-state index contributed by atoms with van der Waals surface area (Å²) in [6.45, 7) is 1.08. The van der Waals surface area contributed by atoms with Crippen LogP contribution in [-0.2, 0) is 11.2 Å². The molecule has 0 saturated carbocycles. The van der Waals surface area contributed by atoms with Gasteiger partial charge in [-0.05, 0) is 12.0 Å². The third-order valence-electron chi connectivity index (χ3n) is 1.37. The topological polar surface area (TPSA) is 61.1 Å². The van der Waals surface area contributed by atoms with E-state index in [1.165, 1.54) is 5.56 Å². The van der Waals surface area contributed by atoms with Gasteiger partial charge in [0.15, 0.2) is 0 Å². The first kappa shape index (κ1) is 12.2. The fourth-order valence-electron chi connectivity index (χ4n) is 0.845. The lowest BCUT2D eigenvalue weighted by atomic mass is 10.1. The van der Waals surface area contributed by atoms with E-state index in [2.05, 4.69) is 6.07 Å². The normalized spacial score (nSPS) is 8.00. The standard InChI is InChI=1S/C9H9N.C2H4O2/c10-8-4-7-9-5-2-1-3-6-9;1-2(3)4/h1-3,5-6H,4,7H2;1H3,(H,3,4). The smallest absolute Gasteiger partial charge is 0.300 e. The lowest BCUT2D eigenvalue weighted by Gasteiger charge is -1.92. The number of benzene rings is 1. The van der Waals surface area contributed by atoms with Gasteiger partial charge in [-0.1, -0.05) is 30.3 Å². The van der Waals surface area contributed by atoms with E-state index >= 15 is 0 Å². The highest BCUT2D eigenvalue weighted by atomic mass is 16.4. The van der Waals surface area contributed by atoms with Gasteiger partial charge in [0.05, 0.1) is 6.07 Å². The van der Waals surface area contributed by atoms with Gasteiger partial charge in [-0.2, -0.15) is 5.26 Å². The van der Waals surface area contributed by atoms with Crippen molar-refractivity contribution in [2.45, 2.75) is 19.8 Å². The SMILES string of the molecule is CC(=O)O.N#CCCc1ccccc1. The van der Waals surface area contributed by atoms with Crippen LogP contribution in [0.25, 0.3) is 0 Å². The van der Waals surface area contributed by atoms with Crippen molar-refractivity contribution in [2.75, 3.05) is 0 Å². The zero-order chi connectivity index (χ0) is 10.8. The number of carboxylic acid groups (broad SMARTS) is 1. The van der Waals surface area contributed by atoms with E-state index in [4.69, 9.17) is 15.2 Å². The van der Waals surface area contributed by atoms with Crippen molar-refractivity contribution in [3.8, 4) is 6.07 Å². The summed E-state index contributed by atoms with van der Waals surface area (Å²) >= 11 is 0. The van der Waals surface area contributed by atoms with E-state index < -0.39 is 5.97 Å². The van der Waals surface area contributed by atoms with Crippen molar-refractivity contribution in [1.82, 2.24) is 0 Å². The number of hydrogen-bond donors (Lipinski definition) is 1. The van der Waals surface area contributed by atoms with Crippen molar-refractivity contribution in [2.24, 2.45) is 0 Å². The van der Waals surface area contributed by atoms with Gasteiger partial charge in [0.25, 0.3) is 5.97 Å². The van der Waals surface area contributed by atoms with Crippen LogP contribution in [0.3, 0.4) is 0 Å². The first-order valence-corrected chi connectivity index (χ1v) is 4.27. The summed E-state index contributed by atoms with van der Waals surface area (Å²) in [4.78, 5) is 9.00. The number of carbonyl (C=O) groups is 1. The molecule has 0 heterocycles. The number of aryl methyl sites for hydroxylation is 1. The molecule has 0 unspecified atom stereocenters. The summed E-state index contributed by atoms with van der Waals surface area (Å²) in [5, 5.41) is 15.7. The predicted molar refractivity (Wildman–Crippen MR) is 53.7 cm³/mol. The molecule has 1 aromatic rings. The molecule has 1 rings (SSSR count). The quantitative estimate of drug-likeness (QED) is 0.779. The van der Waals surface area contributed by atoms with Crippen molar-refractivity contribution in [3.63, 3.8) is 0 Å². The van der Waals surface area contributed by atoms with Gasteiger partial charge in [-0.15, -0.1) is 0 Å². The highest BCUT2D eigenvalue weighted by Gasteiger charge is 1.87. The molecular formula is C11H13NO2. The summed E-state index contributed by atoms with van der Waals surface area (Å²) in [7, 11) is 0. The lowest BCUT2D eigenvalue weighted by Crippen LogP contribution is -1.80. The highest BCUT2D eigenvalue weighted by molar-refractivity contribution is 5.62. The van der Waals surface area contributed by atoms with Crippen LogP contribution in [0.5, 0.6) is 0 Å². The van der Waals surface area contributed by atoms with E-state index in [9.17, 15) is 0 Å². The summed E-state index contributed by atoms with van der Waals surface area (Å²) in [5.74, 6) is -0.833. The summed E-state index contributed by atoms with van der Waals surface area (Å²) in [6, 6.07) is 12.2. The van der Waals surface area contributed by atoms with E-state index in [1.807, 2.05) is 30.3 Å². The van der Waals surface area contributed by atoms with Gasteiger partial charge < -0.3 is 5.11 Å². The molecule has 0 bridgehead atoms. The zero-order valence-electron chi connectivity index (χ0n) is 8.10. The Kier molecular flexibility index (Phi) is 6.79. The summed E-state index contributed by atoms with van der Waals surface area (Å²) < 4.78 is 0. The molecule has 3 nitrogen and oxygen atoms in total. The Balaban J connectivity index is 0.000000364. The molecule has 0 saturated heterocycles. The van der Waals surface area contributed by atoms with E-state index in [0.717, 1.165) is 13.3 Å². The van der Waals surface area contributed by atoms with Gasteiger partial charge in [-0.25, -0.2) is 0 Å². The minimum absolute atomic E-state index is 0.615. The Morgan fingerprint density at radius 1 is 1.43 bits per heavy atom. The van der Waals surface area contributed by atoms with E-state index in [0.29, 0.717) is 6.42 Å². The number of nitriles is 1. The highest BCUT2D eigenvalue weighted by Crippen LogP contribution is 2.00. The van der Waals surface area contributed by atoms with Crippen molar-refractivity contribution < 1.29 is 9.90 Å². The number of nitrogens with zero attached hydrogens (tertiary/aromatic N) is 1. The maximum Gasteiger partial charge on any atom is 0.300 e. The van der Waals surface area contributed by atoms with E-state index in [-0.39, 0.29) is 0 Å². The Labute approximate surface area is 83.6 Å². The number of rotatable bonds is 2. The van der Waals surface area contributed by atoms with Crippen LogP contribution in [0.4, 0.5) is 0 Å². The molecule has 0 fully saturated rings. The molecule has 0 amide bonds. The maximum atomic E-state index is 9.00. The second-order valence-electron chi connectivity index (χ2n) is 2.66. The fourth-order valence-corrected chi connectivity index (χ4v) is 0.845. The van der Waals surface area contributed by atoms with Crippen LogP contribution in [0, 0.1) is 11.3 Å². The van der Waals surface area contributed by atoms with Crippen LogP contribution in [-0.4, -0.2) is 11.1 Å². The molecule has 0 aliphatic heterocycles. The van der Waals surface area contributed by atoms with Gasteiger partial charge in [-0.3, -0.25) is 4.79 Å². The number of carboxylic acids is 1. The molecule has 1 aromatic carbocycles. The zero-order valence-corrected chi connectivity index (χ0v) is 8.10. The predicted octanol–water partition coefficient (Wildman–Crippen LogP) is 2.23. The Morgan fingerprint density at radius 3 is 2.36 bits per heavy atom. The molecule has 0 aliphatic rings. The van der Waals surface area contributed by atoms with Crippen LogP contribution in [0.1, 0.15) is 18.9 Å². The van der Waals surface area contributed by atoms with Crippen LogP contribution >= 0.6 is 0 Å². The monoisotopic (exact) mass is 191 g/mol. The average Bonchev–Trinajstić information content (AvgIpc) is 2.15. The van der Waals surface area contributed by atoms with Crippen molar-refractivity contribution in [3.05, 3.63) is 35.9 Å². The fraction of sp³-hybridized carbons (Fsp3) is 0.273. The first-order chi connectivity index (χ1) is 6.66. The van der Waals surface area contributed by atoms with E-state index in [1.54, 1.807) is 0 Å². The molecule has 74 valence electrons. The minimum atomic E-state index is -0.833.